The van der Waals surface area contributed by atoms with Crippen molar-refractivity contribution in [3.05, 3.63) is 35.6 Å². The second-order valence-electron chi connectivity index (χ2n) is 6.30. The second kappa shape index (κ2) is 8.02. The Labute approximate surface area is 141 Å². The SMILES string of the molecule is CCC1CC(NC(=O)C(c2cccc(F)c2)N2CCOCC2)NN1. The fourth-order valence-electron chi connectivity index (χ4n) is 3.28. The second-order valence-corrected chi connectivity index (χ2v) is 6.30. The van der Waals surface area contributed by atoms with Crippen LogP contribution in [0.2, 0.25) is 0 Å². The molecule has 2 saturated heterocycles. The highest BCUT2D eigenvalue weighted by Crippen LogP contribution is 2.23. The van der Waals surface area contributed by atoms with Crippen LogP contribution >= 0.6 is 0 Å². The first-order chi connectivity index (χ1) is 11.7. The molecule has 3 atom stereocenters. The van der Waals surface area contributed by atoms with Crippen LogP contribution in [0.15, 0.2) is 24.3 Å². The van der Waals surface area contributed by atoms with Gasteiger partial charge in [0.15, 0.2) is 0 Å². The highest BCUT2D eigenvalue weighted by Gasteiger charge is 2.32. The highest BCUT2D eigenvalue weighted by atomic mass is 19.1. The number of hydrogen-bond acceptors (Lipinski definition) is 5. The van der Waals surface area contributed by atoms with Crippen LogP contribution < -0.4 is 16.2 Å². The zero-order valence-corrected chi connectivity index (χ0v) is 13.9. The summed E-state index contributed by atoms with van der Waals surface area (Å²) in [7, 11) is 0. The Kier molecular flexibility index (Phi) is 5.78. The summed E-state index contributed by atoms with van der Waals surface area (Å²) in [4.78, 5) is 15.0. The molecule has 2 aliphatic heterocycles. The van der Waals surface area contributed by atoms with Gasteiger partial charge in [-0.15, -0.1) is 0 Å². The van der Waals surface area contributed by atoms with E-state index in [0.29, 0.717) is 37.9 Å². The van der Waals surface area contributed by atoms with E-state index in [-0.39, 0.29) is 17.9 Å². The van der Waals surface area contributed by atoms with Crippen LogP contribution in [0.5, 0.6) is 0 Å². The smallest absolute Gasteiger partial charge is 0.243 e. The molecule has 3 unspecified atom stereocenters. The molecular weight excluding hydrogens is 311 g/mol. The number of carbonyl (C=O) groups is 1. The van der Waals surface area contributed by atoms with Crippen LogP contribution in [0.25, 0.3) is 0 Å². The van der Waals surface area contributed by atoms with Crippen LogP contribution in [0, 0.1) is 5.82 Å². The van der Waals surface area contributed by atoms with Crippen LogP contribution in [-0.2, 0) is 9.53 Å². The molecule has 0 radical (unpaired) electrons. The van der Waals surface area contributed by atoms with Gasteiger partial charge >= 0.3 is 0 Å². The highest BCUT2D eigenvalue weighted by molar-refractivity contribution is 5.83. The summed E-state index contributed by atoms with van der Waals surface area (Å²) in [5, 5.41) is 3.04. The predicted octanol–water partition coefficient (Wildman–Crippen LogP) is 0.918. The first kappa shape index (κ1) is 17.3. The molecule has 1 aromatic rings. The third-order valence-electron chi connectivity index (χ3n) is 4.61. The molecule has 2 fully saturated rings. The molecule has 132 valence electrons. The van der Waals surface area contributed by atoms with E-state index in [2.05, 4.69) is 23.1 Å². The Balaban J connectivity index is 1.74. The Morgan fingerprint density at radius 2 is 2.21 bits per heavy atom. The number of ether oxygens (including phenoxy) is 1. The standard InChI is InChI=1S/C17H25FN4O2/c1-2-14-11-15(21-20-14)19-17(23)16(22-6-8-24-9-7-22)12-4-3-5-13(18)10-12/h3-5,10,14-16,20-21H,2,6-9,11H2,1H3,(H,19,23). The van der Waals surface area contributed by atoms with Crippen LogP contribution in [-0.4, -0.2) is 49.3 Å². The van der Waals surface area contributed by atoms with Gasteiger partial charge in [0.25, 0.3) is 0 Å². The van der Waals surface area contributed by atoms with E-state index in [9.17, 15) is 9.18 Å². The molecule has 2 aliphatic rings. The van der Waals surface area contributed by atoms with Crippen LogP contribution in [0.4, 0.5) is 4.39 Å². The van der Waals surface area contributed by atoms with E-state index < -0.39 is 6.04 Å². The molecule has 0 saturated carbocycles. The van der Waals surface area contributed by atoms with Gasteiger partial charge in [-0.3, -0.25) is 15.1 Å². The molecule has 0 aromatic heterocycles. The number of benzene rings is 1. The molecule has 0 bridgehead atoms. The minimum atomic E-state index is -0.507. The average molecular weight is 336 g/mol. The largest absolute Gasteiger partial charge is 0.379 e. The molecule has 0 aliphatic carbocycles. The predicted molar refractivity (Wildman–Crippen MR) is 88.4 cm³/mol. The molecule has 7 heteroatoms. The topological polar surface area (TPSA) is 65.6 Å². The average Bonchev–Trinajstić information content (AvgIpc) is 3.04. The normalized spacial score (nSPS) is 26.2. The van der Waals surface area contributed by atoms with Crippen molar-refractivity contribution in [2.45, 2.75) is 38.0 Å². The van der Waals surface area contributed by atoms with Gasteiger partial charge in [-0.05, 0) is 30.5 Å². The van der Waals surface area contributed by atoms with E-state index in [1.165, 1.54) is 12.1 Å². The van der Waals surface area contributed by atoms with Crippen molar-refractivity contribution in [1.82, 2.24) is 21.1 Å². The zero-order chi connectivity index (χ0) is 16.9. The number of amides is 1. The van der Waals surface area contributed by atoms with Crippen molar-refractivity contribution >= 4 is 5.91 Å². The van der Waals surface area contributed by atoms with E-state index in [1.54, 1.807) is 12.1 Å². The van der Waals surface area contributed by atoms with Gasteiger partial charge in [0, 0.05) is 19.1 Å². The lowest BCUT2D eigenvalue weighted by molar-refractivity contribution is -0.129. The van der Waals surface area contributed by atoms with Gasteiger partial charge in [0.05, 0.1) is 19.4 Å². The van der Waals surface area contributed by atoms with Crippen LogP contribution in [0.1, 0.15) is 31.4 Å². The van der Waals surface area contributed by atoms with Crippen molar-refractivity contribution in [3.8, 4) is 0 Å². The number of hydrogen-bond donors (Lipinski definition) is 3. The Morgan fingerprint density at radius 3 is 2.88 bits per heavy atom. The van der Waals surface area contributed by atoms with Gasteiger partial charge in [-0.25, -0.2) is 9.82 Å². The maximum absolute atomic E-state index is 13.7. The maximum Gasteiger partial charge on any atom is 0.243 e. The number of halogens is 1. The molecule has 24 heavy (non-hydrogen) atoms. The van der Waals surface area contributed by atoms with Gasteiger partial charge in [-0.1, -0.05) is 19.1 Å². The molecule has 6 nitrogen and oxygen atoms in total. The minimum absolute atomic E-state index is 0.112. The molecular formula is C17H25FN4O2. The molecule has 1 amide bonds. The lowest BCUT2D eigenvalue weighted by Gasteiger charge is -2.34. The van der Waals surface area contributed by atoms with Crippen molar-refractivity contribution in [2.75, 3.05) is 26.3 Å². The lowest BCUT2D eigenvalue weighted by atomic mass is 10.0. The summed E-state index contributed by atoms with van der Waals surface area (Å²) in [5.74, 6) is -0.441. The van der Waals surface area contributed by atoms with Gasteiger partial charge < -0.3 is 10.1 Å². The Bertz CT molecular complexity index is 565. The zero-order valence-electron chi connectivity index (χ0n) is 13.9. The number of morpholine rings is 1. The Morgan fingerprint density at radius 1 is 1.42 bits per heavy atom. The van der Waals surface area contributed by atoms with Crippen molar-refractivity contribution in [2.24, 2.45) is 0 Å². The van der Waals surface area contributed by atoms with Crippen molar-refractivity contribution < 1.29 is 13.9 Å². The van der Waals surface area contributed by atoms with E-state index >= 15 is 0 Å². The molecule has 3 rings (SSSR count). The number of carbonyl (C=O) groups excluding carboxylic acids is 1. The Hall–Kier alpha value is -1.54. The fraction of sp³-hybridized carbons (Fsp3) is 0.588. The van der Waals surface area contributed by atoms with Gasteiger partial charge in [0.2, 0.25) is 5.91 Å². The first-order valence-corrected chi connectivity index (χ1v) is 8.56. The van der Waals surface area contributed by atoms with Crippen molar-refractivity contribution in [3.63, 3.8) is 0 Å². The monoisotopic (exact) mass is 336 g/mol. The summed E-state index contributed by atoms with van der Waals surface area (Å²) < 4.78 is 19.0. The van der Waals surface area contributed by atoms with E-state index in [1.807, 2.05) is 4.90 Å². The van der Waals surface area contributed by atoms with Crippen LogP contribution in [0.3, 0.4) is 0 Å². The van der Waals surface area contributed by atoms with E-state index in [4.69, 9.17) is 4.74 Å². The molecule has 0 spiro atoms. The van der Waals surface area contributed by atoms with Crippen molar-refractivity contribution in [1.29, 1.82) is 0 Å². The summed E-state index contributed by atoms with van der Waals surface area (Å²) in [5.41, 5.74) is 6.95. The maximum atomic E-state index is 13.7. The van der Waals surface area contributed by atoms with E-state index in [0.717, 1.165) is 12.8 Å². The third kappa shape index (κ3) is 4.10. The quantitative estimate of drug-likeness (QED) is 0.746. The fourth-order valence-corrected chi connectivity index (χ4v) is 3.28. The summed E-state index contributed by atoms with van der Waals surface area (Å²) in [6.45, 7) is 4.58. The lowest BCUT2D eigenvalue weighted by Crippen LogP contribution is -2.51. The van der Waals surface area contributed by atoms with Gasteiger partial charge in [-0.2, -0.15) is 0 Å². The number of nitrogens with one attached hydrogen (secondary N) is 3. The molecule has 2 heterocycles. The molecule has 3 N–H and O–H groups in total. The minimum Gasteiger partial charge on any atom is -0.379 e. The number of hydrazine groups is 1. The summed E-state index contributed by atoms with van der Waals surface area (Å²) >= 11 is 0. The van der Waals surface area contributed by atoms with Gasteiger partial charge in [0.1, 0.15) is 11.9 Å². The number of nitrogens with zero attached hydrogens (tertiary/aromatic N) is 1. The summed E-state index contributed by atoms with van der Waals surface area (Å²) in [6.07, 6.45) is 1.72. The summed E-state index contributed by atoms with van der Waals surface area (Å²) in [6, 6.07) is 6.13. The number of rotatable bonds is 5. The first-order valence-electron chi connectivity index (χ1n) is 8.56. The third-order valence-corrected chi connectivity index (χ3v) is 4.61. The molecule has 1 aromatic carbocycles.